The molecule has 112 valence electrons. The van der Waals surface area contributed by atoms with E-state index in [-0.39, 0.29) is 12.2 Å². The molecule has 0 amide bonds. The van der Waals surface area contributed by atoms with Crippen molar-refractivity contribution in [2.75, 3.05) is 0 Å². The molecule has 0 spiro atoms. The smallest absolute Gasteiger partial charge is 0.163 e. The number of rotatable bonds is 7. The molecule has 0 saturated carbocycles. The maximum Gasteiger partial charge on any atom is 0.163 e. The molecule has 1 aliphatic heterocycles. The number of hydrogen-bond donors (Lipinski definition) is 2. The van der Waals surface area contributed by atoms with Crippen molar-refractivity contribution < 1.29 is 19.7 Å². The average Bonchev–Trinajstić information content (AvgIpc) is 2.26. The minimum Gasteiger partial charge on any atom is -0.393 e. The van der Waals surface area contributed by atoms with E-state index in [4.69, 9.17) is 9.47 Å². The van der Waals surface area contributed by atoms with Crippen molar-refractivity contribution in [1.29, 1.82) is 0 Å². The highest BCUT2D eigenvalue weighted by Gasteiger charge is 2.35. The van der Waals surface area contributed by atoms with Crippen LogP contribution >= 0.6 is 0 Å². The summed E-state index contributed by atoms with van der Waals surface area (Å²) in [5.41, 5.74) is 0. The summed E-state index contributed by atoms with van der Waals surface area (Å²) in [6.45, 7) is 9.46. The normalized spacial score (nSPS) is 29.7. The molecule has 0 aliphatic carbocycles. The fourth-order valence-electron chi connectivity index (χ4n) is 2.64. The zero-order valence-electron chi connectivity index (χ0n) is 12.3. The first-order chi connectivity index (χ1) is 8.86. The van der Waals surface area contributed by atoms with Crippen LogP contribution in [0.25, 0.3) is 0 Å². The van der Waals surface area contributed by atoms with Gasteiger partial charge in [0.2, 0.25) is 0 Å². The Morgan fingerprint density at radius 2 is 1.95 bits per heavy atom. The first-order valence-electron chi connectivity index (χ1n) is 7.20. The standard InChI is InChI=1S/C15H28O4/c1-5-7-13-10-14(19-15(3,4)18-13)9-12(17)8-11(16)6-2/h6,11-14,16-17H,2,5,7-10H2,1,3-4H3/t11-,12-,13-,14-/m1/s1. The molecule has 1 rings (SSSR count). The lowest BCUT2D eigenvalue weighted by Crippen LogP contribution is -2.45. The van der Waals surface area contributed by atoms with E-state index in [1.165, 1.54) is 6.08 Å². The molecule has 0 unspecified atom stereocenters. The minimum absolute atomic E-state index is 0.0210. The summed E-state index contributed by atoms with van der Waals surface area (Å²) in [7, 11) is 0. The second kappa shape index (κ2) is 7.39. The van der Waals surface area contributed by atoms with Crippen LogP contribution in [0, 0.1) is 0 Å². The first-order valence-corrected chi connectivity index (χ1v) is 7.20. The molecular weight excluding hydrogens is 244 g/mol. The van der Waals surface area contributed by atoms with E-state index in [9.17, 15) is 10.2 Å². The Kier molecular flexibility index (Phi) is 6.47. The second-order valence-corrected chi connectivity index (χ2v) is 5.83. The third kappa shape index (κ3) is 6.04. The van der Waals surface area contributed by atoms with Crippen LogP contribution in [-0.4, -0.2) is 40.4 Å². The maximum atomic E-state index is 9.96. The van der Waals surface area contributed by atoms with E-state index in [0.29, 0.717) is 12.8 Å². The molecule has 0 aromatic carbocycles. The molecule has 1 saturated heterocycles. The molecule has 4 heteroatoms. The molecule has 0 aromatic heterocycles. The van der Waals surface area contributed by atoms with E-state index in [1.807, 2.05) is 13.8 Å². The van der Waals surface area contributed by atoms with Gasteiger partial charge in [-0.05, 0) is 26.7 Å². The molecule has 1 aliphatic rings. The Labute approximate surface area is 116 Å². The van der Waals surface area contributed by atoms with Crippen LogP contribution in [0.3, 0.4) is 0 Å². The van der Waals surface area contributed by atoms with Crippen molar-refractivity contribution in [2.45, 2.75) is 83.1 Å². The van der Waals surface area contributed by atoms with Gasteiger partial charge in [0.25, 0.3) is 0 Å². The monoisotopic (exact) mass is 272 g/mol. The van der Waals surface area contributed by atoms with E-state index < -0.39 is 18.0 Å². The fraction of sp³-hybridized carbons (Fsp3) is 0.867. The third-order valence-electron chi connectivity index (χ3n) is 3.36. The molecule has 1 heterocycles. The highest BCUT2D eigenvalue weighted by atomic mass is 16.7. The van der Waals surface area contributed by atoms with Gasteiger partial charge in [-0.15, -0.1) is 6.58 Å². The summed E-state index contributed by atoms with van der Waals surface area (Å²) in [6, 6.07) is 0. The molecule has 19 heavy (non-hydrogen) atoms. The predicted molar refractivity (Wildman–Crippen MR) is 74.8 cm³/mol. The van der Waals surface area contributed by atoms with Gasteiger partial charge >= 0.3 is 0 Å². The molecule has 2 N–H and O–H groups in total. The zero-order chi connectivity index (χ0) is 14.5. The number of hydrogen-bond acceptors (Lipinski definition) is 4. The van der Waals surface area contributed by atoms with Gasteiger partial charge < -0.3 is 19.7 Å². The Morgan fingerprint density at radius 1 is 1.32 bits per heavy atom. The summed E-state index contributed by atoms with van der Waals surface area (Å²) in [6.07, 6.45) is 4.10. The summed E-state index contributed by atoms with van der Waals surface area (Å²) in [5.74, 6) is -0.598. The van der Waals surface area contributed by atoms with Gasteiger partial charge in [-0.25, -0.2) is 0 Å². The van der Waals surface area contributed by atoms with E-state index in [0.717, 1.165) is 19.3 Å². The van der Waals surface area contributed by atoms with Gasteiger partial charge in [-0.2, -0.15) is 0 Å². The zero-order valence-corrected chi connectivity index (χ0v) is 12.3. The van der Waals surface area contributed by atoms with Crippen LogP contribution < -0.4 is 0 Å². The fourth-order valence-corrected chi connectivity index (χ4v) is 2.64. The molecule has 0 aromatic rings. The lowest BCUT2D eigenvalue weighted by Gasteiger charge is -2.41. The van der Waals surface area contributed by atoms with Gasteiger partial charge in [0.05, 0.1) is 24.4 Å². The first kappa shape index (κ1) is 16.6. The lowest BCUT2D eigenvalue weighted by atomic mass is 9.97. The van der Waals surface area contributed by atoms with Gasteiger partial charge in [0, 0.05) is 12.8 Å². The van der Waals surface area contributed by atoms with Crippen LogP contribution in [-0.2, 0) is 9.47 Å². The molecule has 4 atom stereocenters. The minimum atomic E-state index is -0.658. The molecule has 0 bridgehead atoms. The number of aliphatic hydroxyl groups excluding tert-OH is 2. The van der Waals surface area contributed by atoms with Crippen LogP contribution in [0.5, 0.6) is 0 Å². The Bertz CT molecular complexity index is 277. The van der Waals surface area contributed by atoms with Crippen molar-refractivity contribution in [3.63, 3.8) is 0 Å². The van der Waals surface area contributed by atoms with Crippen molar-refractivity contribution >= 4 is 0 Å². The van der Waals surface area contributed by atoms with Crippen LogP contribution in [0.1, 0.15) is 52.9 Å². The van der Waals surface area contributed by atoms with Gasteiger partial charge in [0.15, 0.2) is 5.79 Å². The Morgan fingerprint density at radius 3 is 2.53 bits per heavy atom. The number of ether oxygens (including phenoxy) is 2. The van der Waals surface area contributed by atoms with Crippen molar-refractivity contribution in [3.05, 3.63) is 12.7 Å². The predicted octanol–water partition coefficient (Wildman–Crippen LogP) is 2.38. The topological polar surface area (TPSA) is 58.9 Å². The summed E-state index contributed by atoms with van der Waals surface area (Å²) in [4.78, 5) is 0. The maximum absolute atomic E-state index is 9.96. The summed E-state index contributed by atoms with van der Waals surface area (Å²) in [5, 5.41) is 19.4. The van der Waals surface area contributed by atoms with Crippen molar-refractivity contribution in [2.24, 2.45) is 0 Å². The van der Waals surface area contributed by atoms with Crippen LogP contribution in [0.4, 0.5) is 0 Å². The van der Waals surface area contributed by atoms with Gasteiger partial charge in [-0.3, -0.25) is 0 Å². The van der Waals surface area contributed by atoms with Crippen molar-refractivity contribution in [1.82, 2.24) is 0 Å². The quantitative estimate of drug-likeness (QED) is 0.699. The highest BCUT2D eigenvalue weighted by Crippen LogP contribution is 2.31. The Hall–Kier alpha value is -0.420. The SMILES string of the molecule is C=C[C@@H](O)C[C@@H](O)C[C@@H]1C[C@@H](CCC)OC(C)(C)O1. The van der Waals surface area contributed by atoms with E-state index in [1.54, 1.807) is 0 Å². The molecule has 1 fully saturated rings. The summed E-state index contributed by atoms with van der Waals surface area (Å²) >= 11 is 0. The van der Waals surface area contributed by atoms with E-state index in [2.05, 4.69) is 13.5 Å². The van der Waals surface area contributed by atoms with Gasteiger partial charge in [0.1, 0.15) is 0 Å². The third-order valence-corrected chi connectivity index (χ3v) is 3.36. The molecule has 4 nitrogen and oxygen atoms in total. The second-order valence-electron chi connectivity index (χ2n) is 5.83. The Balaban J connectivity index is 2.49. The van der Waals surface area contributed by atoms with Crippen LogP contribution in [0.15, 0.2) is 12.7 Å². The van der Waals surface area contributed by atoms with Crippen molar-refractivity contribution in [3.8, 4) is 0 Å². The van der Waals surface area contributed by atoms with E-state index >= 15 is 0 Å². The average molecular weight is 272 g/mol. The lowest BCUT2D eigenvalue weighted by molar-refractivity contribution is -0.303. The molecule has 0 radical (unpaired) electrons. The molecular formula is C15H28O4. The summed E-state index contributed by atoms with van der Waals surface area (Å²) < 4.78 is 11.7. The largest absolute Gasteiger partial charge is 0.393 e. The van der Waals surface area contributed by atoms with Crippen LogP contribution in [0.2, 0.25) is 0 Å². The van der Waals surface area contributed by atoms with Gasteiger partial charge in [-0.1, -0.05) is 19.4 Å². The highest BCUT2D eigenvalue weighted by molar-refractivity contribution is 4.83. The number of aliphatic hydroxyl groups is 2.